The maximum atomic E-state index is 12.9. The Morgan fingerprint density at radius 1 is 1.14 bits per heavy atom. The first-order valence-electron chi connectivity index (χ1n) is 10.3. The van der Waals surface area contributed by atoms with Crippen molar-refractivity contribution in [2.24, 2.45) is 5.10 Å². The molecule has 4 aromatic rings. The summed E-state index contributed by atoms with van der Waals surface area (Å²) < 4.78 is 0. The van der Waals surface area contributed by atoms with Crippen molar-refractivity contribution in [1.82, 2.24) is 15.4 Å². The van der Waals surface area contributed by atoms with Gasteiger partial charge in [-0.3, -0.25) is 19.7 Å². The molecule has 0 saturated heterocycles. The van der Waals surface area contributed by atoms with Gasteiger partial charge in [0.15, 0.2) is 5.69 Å². The number of nitro groups is 1. The Morgan fingerprint density at radius 3 is 2.66 bits per heavy atom. The van der Waals surface area contributed by atoms with Crippen LogP contribution in [-0.4, -0.2) is 31.6 Å². The third-order valence-electron chi connectivity index (χ3n) is 5.06. The van der Waals surface area contributed by atoms with E-state index < -0.39 is 22.5 Å². The van der Waals surface area contributed by atoms with E-state index in [0.29, 0.717) is 16.1 Å². The Hall–Kier alpha value is -4.41. The highest BCUT2D eigenvalue weighted by atomic mass is 35.5. The van der Waals surface area contributed by atoms with Gasteiger partial charge in [0.25, 0.3) is 11.2 Å². The van der Waals surface area contributed by atoms with Crippen LogP contribution in [0.2, 0.25) is 5.02 Å². The number of aromatic amines is 1. The highest BCUT2D eigenvalue weighted by molar-refractivity contribution is 6.31. The first-order valence-corrected chi connectivity index (χ1v) is 10.7. The lowest BCUT2D eigenvalue weighted by Crippen LogP contribution is -2.29. The van der Waals surface area contributed by atoms with Gasteiger partial charge in [-0.1, -0.05) is 54.1 Å². The summed E-state index contributed by atoms with van der Waals surface area (Å²) in [6.07, 6.45) is -1.60. The molecular weight excluding hydrogens is 474 g/mol. The molecule has 35 heavy (non-hydrogen) atoms. The zero-order valence-electron chi connectivity index (χ0n) is 18.0. The van der Waals surface area contributed by atoms with E-state index in [1.807, 2.05) is 6.07 Å². The van der Waals surface area contributed by atoms with E-state index in [0.717, 1.165) is 11.6 Å². The van der Waals surface area contributed by atoms with E-state index in [1.165, 1.54) is 24.3 Å². The molecule has 1 atom stereocenters. The Morgan fingerprint density at radius 2 is 1.91 bits per heavy atom. The third-order valence-corrected chi connectivity index (χ3v) is 5.30. The van der Waals surface area contributed by atoms with Gasteiger partial charge in [-0.2, -0.15) is 5.10 Å². The molecule has 0 saturated carbocycles. The first kappa shape index (κ1) is 23.7. The van der Waals surface area contributed by atoms with Crippen LogP contribution in [0.25, 0.3) is 11.0 Å². The minimum atomic E-state index is -1.61. The maximum Gasteiger partial charge on any atom is 0.276 e. The van der Waals surface area contributed by atoms with Crippen LogP contribution in [0, 0.1) is 10.1 Å². The molecule has 0 spiro atoms. The van der Waals surface area contributed by atoms with Gasteiger partial charge in [-0.25, -0.2) is 10.4 Å². The number of halogens is 1. The predicted molar refractivity (Wildman–Crippen MR) is 130 cm³/mol. The molecule has 3 aromatic carbocycles. The number of nitro benzene ring substituents is 1. The van der Waals surface area contributed by atoms with E-state index >= 15 is 0 Å². The molecule has 3 N–H and O–H groups in total. The maximum absolute atomic E-state index is 12.9. The molecular formula is C24H18ClN5O5. The zero-order valence-corrected chi connectivity index (χ0v) is 18.8. The Bertz CT molecular complexity index is 1500. The average molecular weight is 492 g/mol. The predicted octanol–water partition coefficient (Wildman–Crippen LogP) is 3.28. The largest absolute Gasteiger partial charge is 0.382 e. The minimum Gasteiger partial charge on any atom is -0.382 e. The second kappa shape index (κ2) is 10.2. The summed E-state index contributed by atoms with van der Waals surface area (Å²) in [5.41, 5.74) is 2.39. The van der Waals surface area contributed by atoms with Gasteiger partial charge < -0.3 is 10.1 Å². The number of aliphatic hydroxyl groups excluding tert-OH is 1. The number of hydrazone groups is 1. The molecule has 0 aliphatic rings. The van der Waals surface area contributed by atoms with E-state index in [9.17, 15) is 24.8 Å². The zero-order chi connectivity index (χ0) is 24.9. The van der Waals surface area contributed by atoms with Crippen LogP contribution >= 0.6 is 11.6 Å². The number of hydrogen-bond donors (Lipinski definition) is 3. The fourth-order valence-electron chi connectivity index (χ4n) is 3.39. The summed E-state index contributed by atoms with van der Waals surface area (Å²) >= 11 is 5.98. The molecule has 0 radical (unpaired) electrons. The van der Waals surface area contributed by atoms with Crippen molar-refractivity contribution in [3.8, 4) is 0 Å². The highest BCUT2D eigenvalue weighted by Gasteiger charge is 2.24. The molecule has 1 aromatic heterocycles. The Balaban J connectivity index is 1.76. The molecule has 1 heterocycles. The smallest absolute Gasteiger partial charge is 0.276 e. The molecule has 0 aliphatic heterocycles. The monoisotopic (exact) mass is 491 g/mol. The number of rotatable bonds is 7. The van der Waals surface area contributed by atoms with E-state index in [4.69, 9.17) is 11.6 Å². The number of non-ortho nitro benzene ring substituents is 1. The molecule has 0 bridgehead atoms. The number of carbonyl (C=O) groups excluding carboxylic acids is 1. The summed E-state index contributed by atoms with van der Waals surface area (Å²) in [5, 5.41) is 26.7. The lowest BCUT2D eigenvalue weighted by atomic mass is 10.0. The molecule has 10 nitrogen and oxygen atoms in total. The number of aliphatic hydroxyl groups is 1. The fourth-order valence-corrected chi connectivity index (χ4v) is 3.56. The number of amides is 1. The van der Waals surface area contributed by atoms with Crippen LogP contribution in [0.15, 0.2) is 82.7 Å². The van der Waals surface area contributed by atoms with Gasteiger partial charge in [-0.15, -0.1) is 0 Å². The summed E-state index contributed by atoms with van der Waals surface area (Å²) in [6.45, 7) is 0. The van der Waals surface area contributed by atoms with Crippen LogP contribution in [0.1, 0.15) is 22.9 Å². The highest BCUT2D eigenvalue weighted by Crippen LogP contribution is 2.23. The van der Waals surface area contributed by atoms with Crippen molar-refractivity contribution in [1.29, 1.82) is 0 Å². The Kier molecular flexibility index (Phi) is 6.95. The standard InChI is InChI=1S/C24H18ClN5O5/c25-16-9-10-18-19(13-16)27-24(33)22(26-18)21(23(32)15-7-4-8-17(12-15)30(34)35)29-28-20(31)11-14-5-2-1-3-6-14/h1-10,12-13,23,32H,11H2,(H,27,33)(H,28,31)/b29-21+/t23-/m0/s1. The summed E-state index contributed by atoms with van der Waals surface area (Å²) in [4.78, 5) is 42.8. The van der Waals surface area contributed by atoms with Crippen molar-refractivity contribution in [2.45, 2.75) is 12.5 Å². The van der Waals surface area contributed by atoms with Crippen LogP contribution in [-0.2, 0) is 11.2 Å². The van der Waals surface area contributed by atoms with E-state index in [1.54, 1.807) is 36.4 Å². The number of carbonyl (C=O) groups is 1. The molecule has 0 fully saturated rings. The summed E-state index contributed by atoms with van der Waals surface area (Å²) in [5.74, 6) is -0.496. The average Bonchev–Trinajstić information content (AvgIpc) is 2.85. The third kappa shape index (κ3) is 5.57. The van der Waals surface area contributed by atoms with Gasteiger partial charge in [0.05, 0.1) is 22.4 Å². The lowest BCUT2D eigenvalue weighted by Gasteiger charge is -2.14. The normalized spacial score (nSPS) is 12.3. The molecule has 11 heteroatoms. The van der Waals surface area contributed by atoms with E-state index in [2.05, 4.69) is 20.5 Å². The van der Waals surface area contributed by atoms with Gasteiger partial charge in [-0.05, 0) is 29.3 Å². The number of nitrogens with zero attached hydrogens (tertiary/aromatic N) is 3. The van der Waals surface area contributed by atoms with Crippen molar-refractivity contribution >= 4 is 39.9 Å². The number of aromatic nitrogens is 2. The number of nitrogens with one attached hydrogen (secondary N) is 2. The first-order chi connectivity index (χ1) is 16.8. The Labute approximate surface area is 203 Å². The number of benzene rings is 3. The van der Waals surface area contributed by atoms with Gasteiger partial charge in [0, 0.05) is 17.2 Å². The quantitative estimate of drug-likeness (QED) is 0.205. The van der Waals surface area contributed by atoms with Crippen LogP contribution in [0.5, 0.6) is 0 Å². The topological polar surface area (TPSA) is 151 Å². The van der Waals surface area contributed by atoms with Crippen molar-refractivity contribution in [3.05, 3.63) is 115 Å². The SMILES string of the molecule is O=C(Cc1ccccc1)N/N=C(\c1nc2ccc(Cl)cc2[nH]c1=O)[C@@H](O)c1cccc([N+](=O)[O-])c1. The van der Waals surface area contributed by atoms with Crippen LogP contribution in [0.4, 0.5) is 5.69 Å². The molecule has 1 amide bonds. The molecule has 4 rings (SSSR count). The number of fused-ring (bicyclic) bond motifs is 1. The lowest BCUT2D eigenvalue weighted by molar-refractivity contribution is -0.385. The fraction of sp³-hybridized carbons (Fsp3) is 0.0833. The van der Waals surface area contributed by atoms with Crippen LogP contribution in [0.3, 0.4) is 0 Å². The van der Waals surface area contributed by atoms with Gasteiger partial charge in [0.2, 0.25) is 5.91 Å². The second-order valence-electron chi connectivity index (χ2n) is 7.53. The number of H-pyrrole nitrogens is 1. The molecule has 176 valence electrons. The van der Waals surface area contributed by atoms with E-state index in [-0.39, 0.29) is 29.1 Å². The van der Waals surface area contributed by atoms with Crippen LogP contribution < -0.4 is 11.0 Å². The minimum absolute atomic E-state index is 0.00449. The van der Waals surface area contributed by atoms with Crippen molar-refractivity contribution in [2.75, 3.05) is 0 Å². The molecule has 0 aliphatic carbocycles. The van der Waals surface area contributed by atoms with Crippen molar-refractivity contribution in [3.63, 3.8) is 0 Å². The number of hydrogen-bond acceptors (Lipinski definition) is 7. The van der Waals surface area contributed by atoms with Gasteiger partial charge in [0.1, 0.15) is 11.8 Å². The second-order valence-corrected chi connectivity index (χ2v) is 7.96. The summed E-state index contributed by atoms with van der Waals surface area (Å²) in [7, 11) is 0. The summed E-state index contributed by atoms with van der Waals surface area (Å²) in [6, 6.07) is 18.8. The molecule has 0 unspecified atom stereocenters. The van der Waals surface area contributed by atoms with Crippen molar-refractivity contribution < 1.29 is 14.8 Å². The van der Waals surface area contributed by atoms with Gasteiger partial charge >= 0.3 is 0 Å².